The molecule has 1 atom stereocenters. The highest BCUT2D eigenvalue weighted by molar-refractivity contribution is 5.74. The number of hydrogen-bond donors (Lipinski definition) is 1. The highest BCUT2D eigenvalue weighted by Gasteiger charge is 2.36. The number of pyridine rings is 1. The fraction of sp³-hybridized carbons (Fsp3) is 0.368. The average molecular weight is 366 g/mol. The molecule has 4 rings (SSSR count). The van der Waals surface area contributed by atoms with Gasteiger partial charge >= 0.3 is 6.03 Å². The van der Waals surface area contributed by atoms with Crippen molar-refractivity contribution < 1.29 is 9.32 Å². The molecule has 0 radical (unpaired) electrons. The lowest BCUT2D eigenvalue weighted by Gasteiger charge is -2.22. The maximum Gasteiger partial charge on any atom is 0.318 e. The summed E-state index contributed by atoms with van der Waals surface area (Å²) in [5.74, 6) is 1.96. The van der Waals surface area contributed by atoms with E-state index in [1.54, 1.807) is 30.5 Å². The molecule has 3 aromatic heterocycles. The van der Waals surface area contributed by atoms with Gasteiger partial charge < -0.3 is 19.3 Å². The van der Waals surface area contributed by atoms with E-state index in [1.807, 2.05) is 36.0 Å². The first-order valence-electron chi connectivity index (χ1n) is 8.96. The second kappa shape index (κ2) is 7.22. The Morgan fingerprint density at radius 3 is 2.81 bits per heavy atom. The maximum absolute atomic E-state index is 12.7. The minimum Gasteiger partial charge on any atom is -0.359 e. The number of hydrogen-bond acceptors (Lipinski definition) is 5. The van der Waals surface area contributed by atoms with Gasteiger partial charge in [-0.25, -0.2) is 9.78 Å². The largest absolute Gasteiger partial charge is 0.359 e. The number of aryl methyl sites for hydroxylation is 1. The van der Waals surface area contributed by atoms with E-state index in [0.717, 1.165) is 29.9 Å². The van der Waals surface area contributed by atoms with Crippen LogP contribution in [0.15, 0.2) is 47.5 Å². The number of rotatable bonds is 6. The lowest BCUT2D eigenvalue weighted by atomic mass is 10.1. The Labute approximate surface area is 157 Å². The molecule has 0 aromatic carbocycles. The van der Waals surface area contributed by atoms with Crippen LogP contribution in [0.5, 0.6) is 0 Å². The molecule has 1 fully saturated rings. The zero-order chi connectivity index (χ0) is 18.8. The normalized spacial score (nSPS) is 14.7. The second-order valence-corrected chi connectivity index (χ2v) is 6.93. The first kappa shape index (κ1) is 17.3. The minimum atomic E-state index is -0.156. The quantitative estimate of drug-likeness (QED) is 0.725. The molecule has 2 amide bonds. The van der Waals surface area contributed by atoms with Crippen LogP contribution in [-0.4, -0.2) is 37.7 Å². The molecule has 0 bridgehead atoms. The first-order chi connectivity index (χ1) is 13.1. The molecular formula is C19H22N6O2. The van der Waals surface area contributed by atoms with Crippen LogP contribution in [0.1, 0.15) is 30.5 Å². The second-order valence-electron chi connectivity index (χ2n) is 6.93. The van der Waals surface area contributed by atoms with Gasteiger partial charge in [-0.1, -0.05) is 5.16 Å². The Kier molecular flexibility index (Phi) is 4.62. The van der Waals surface area contributed by atoms with Crippen LogP contribution in [-0.2, 0) is 13.6 Å². The number of imidazole rings is 1. The highest BCUT2D eigenvalue weighted by Crippen LogP contribution is 2.40. The van der Waals surface area contributed by atoms with Crippen LogP contribution in [0.3, 0.4) is 0 Å². The lowest BCUT2D eigenvalue weighted by molar-refractivity contribution is 0.194. The van der Waals surface area contributed by atoms with Gasteiger partial charge in [-0.05, 0) is 30.9 Å². The molecule has 0 saturated heterocycles. The van der Waals surface area contributed by atoms with Crippen LogP contribution in [0.2, 0.25) is 0 Å². The number of nitrogens with zero attached hydrogens (tertiary/aromatic N) is 5. The number of carbonyl (C=O) groups excluding carboxylic acids is 1. The molecule has 3 heterocycles. The summed E-state index contributed by atoms with van der Waals surface area (Å²) in [6.07, 6.45) is 9.29. The smallest absolute Gasteiger partial charge is 0.318 e. The van der Waals surface area contributed by atoms with E-state index in [0.29, 0.717) is 18.2 Å². The molecule has 1 saturated carbocycles. The summed E-state index contributed by atoms with van der Waals surface area (Å²) in [5, 5.41) is 7.19. The summed E-state index contributed by atoms with van der Waals surface area (Å²) in [6, 6.07) is 5.35. The van der Waals surface area contributed by atoms with Crippen molar-refractivity contribution in [3.8, 4) is 11.3 Å². The molecular weight excluding hydrogens is 344 g/mol. The van der Waals surface area contributed by atoms with Gasteiger partial charge in [0.2, 0.25) is 0 Å². The molecule has 140 valence electrons. The zero-order valence-corrected chi connectivity index (χ0v) is 15.4. The third kappa shape index (κ3) is 3.84. The van der Waals surface area contributed by atoms with Crippen molar-refractivity contribution in [2.75, 3.05) is 7.05 Å². The molecule has 27 heavy (non-hydrogen) atoms. The van der Waals surface area contributed by atoms with Gasteiger partial charge in [-0.15, -0.1) is 0 Å². The third-order valence-corrected chi connectivity index (χ3v) is 4.78. The van der Waals surface area contributed by atoms with Crippen molar-refractivity contribution in [2.24, 2.45) is 13.0 Å². The summed E-state index contributed by atoms with van der Waals surface area (Å²) < 4.78 is 7.35. The summed E-state index contributed by atoms with van der Waals surface area (Å²) >= 11 is 0. The van der Waals surface area contributed by atoms with Crippen molar-refractivity contribution >= 4 is 6.03 Å². The highest BCUT2D eigenvalue weighted by atomic mass is 16.5. The standard InChI is InChI=1S/C19H22N6O2/c1-24-10-9-21-18(24)17(14-3-4-14)22-19(26)25(2)12-15-11-16(23-27-15)13-5-7-20-8-6-13/h5-11,14,17H,3-4,12H2,1-2H3,(H,22,26)/t17-/m1/s1. The molecule has 8 nitrogen and oxygen atoms in total. The van der Waals surface area contributed by atoms with E-state index >= 15 is 0 Å². The van der Waals surface area contributed by atoms with Crippen molar-refractivity contribution in [1.82, 2.24) is 29.9 Å². The van der Waals surface area contributed by atoms with Gasteiger partial charge in [0.25, 0.3) is 0 Å². The van der Waals surface area contributed by atoms with Crippen LogP contribution in [0.4, 0.5) is 4.79 Å². The third-order valence-electron chi connectivity index (χ3n) is 4.78. The zero-order valence-electron chi connectivity index (χ0n) is 15.4. The van der Waals surface area contributed by atoms with Crippen LogP contribution < -0.4 is 5.32 Å². The summed E-state index contributed by atoms with van der Waals surface area (Å²) in [7, 11) is 3.69. The fourth-order valence-electron chi connectivity index (χ4n) is 3.09. The number of amides is 2. The Bertz CT molecular complexity index is 915. The number of carbonyl (C=O) groups is 1. The molecule has 3 aromatic rings. The number of nitrogens with one attached hydrogen (secondary N) is 1. The van der Waals surface area contributed by atoms with Crippen LogP contribution in [0, 0.1) is 5.92 Å². The van der Waals surface area contributed by atoms with E-state index in [1.165, 1.54) is 0 Å². The molecule has 1 N–H and O–H groups in total. The average Bonchev–Trinajstić information content (AvgIpc) is 3.27. The fourth-order valence-corrected chi connectivity index (χ4v) is 3.09. The molecule has 0 spiro atoms. The maximum atomic E-state index is 12.7. The molecule has 0 aliphatic heterocycles. The molecule has 1 aliphatic carbocycles. The van der Waals surface area contributed by atoms with E-state index < -0.39 is 0 Å². The van der Waals surface area contributed by atoms with E-state index in [-0.39, 0.29) is 12.1 Å². The van der Waals surface area contributed by atoms with E-state index in [9.17, 15) is 4.79 Å². The molecule has 1 aliphatic rings. The monoisotopic (exact) mass is 366 g/mol. The molecule has 0 unspecified atom stereocenters. The Morgan fingerprint density at radius 1 is 1.37 bits per heavy atom. The van der Waals surface area contributed by atoms with Gasteiger partial charge in [0.05, 0.1) is 12.6 Å². The Balaban J connectivity index is 1.41. The predicted octanol–water partition coefficient (Wildman–Crippen LogP) is 2.76. The van der Waals surface area contributed by atoms with Gasteiger partial charge in [-0.3, -0.25) is 4.98 Å². The predicted molar refractivity (Wildman–Crippen MR) is 98.4 cm³/mol. The Hall–Kier alpha value is -3.16. The topological polar surface area (TPSA) is 89.1 Å². The van der Waals surface area contributed by atoms with Gasteiger partial charge in [0, 0.05) is 50.5 Å². The minimum absolute atomic E-state index is 0.0675. The number of urea groups is 1. The van der Waals surface area contributed by atoms with Crippen molar-refractivity contribution in [3.05, 3.63) is 54.6 Å². The van der Waals surface area contributed by atoms with Gasteiger partial charge in [0.1, 0.15) is 11.5 Å². The van der Waals surface area contributed by atoms with Gasteiger partial charge in [0.15, 0.2) is 5.76 Å². The lowest BCUT2D eigenvalue weighted by Crippen LogP contribution is -2.40. The molecule has 8 heteroatoms. The van der Waals surface area contributed by atoms with E-state index in [4.69, 9.17) is 4.52 Å². The first-order valence-corrected chi connectivity index (χ1v) is 8.96. The summed E-state index contributed by atoms with van der Waals surface area (Å²) in [6.45, 7) is 0.335. The van der Waals surface area contributed by atoms with Crippen molar-refractivity contribution in [1.29, 1.82) is 0 Å². The van der Waals surface area contributed by atoms with Crippen LogP contribution in [0.25, 0.3) is 11.3 Å². The summed E-state index contributed by atoms with van der Waals surface area (Å²) in [4.78, 5) is 22.7. The summed E-state index contributed by atoms with van der Waals surface area (Å²) in [5.41, 5.74) is 1.65. The van der Waals surface area contributed by atoms with Crippen molar-refractivity contribution in [3.63, 3.8) is 0 Å². The Morgan fingerprint density at radius 2 is 2.15 bits per heavy atom. The number of aromatic nitrogens is 4. The van der Waals surface area contributed by atoms with Crippen LogP contribution >= 0.6 is 0 Å². The van der Waals surface area contributed by atoms with Crippen molar-refractivity contribution in [2.45, 2.75) is 25.4 Å². The van der Waals surface area contributed by atoms with E-state index in [2.05, 4.69) is 20.4 Å². The SMILES string of the molecule is CN(Cc1cc(-c2ccncc2)no1)C(=O)N[C@@H](c1nccn1C)C1CC1. The van der Waals surface area contributed by atoms with Gasteiger partial charge in [-0.2, -0.15) is 0 Å².